The van der Waals surface area contributed by atoms with Crippen LogP contribution in [0.4, 0.5) is 11.4 Å². The zero-order chi connectivity index (χ0) is 24.8. The molecule has 0 bridgehead atoms. The Balaban J connectivity index is 0.00000361. The van der Waals surface area contributed by atoms with Crippen LogP contribution in [0.5, 0.6) is 0 Å². The second kappa shape index (κ2) is 12.4. The van der Waals surface area contributed by atoms with Crippen LogP contribution in [0.15, 0.2) is 108 Å². The number of rotatable bonds is 8. The number of carbonyl (C=O) groups excluding carboxylic acids is 1. The summed E-state index contributed by atoms with van der Waals surface area (Å²) in [4.78, 5) is 23.4. The number of hydrogen-bond donors (Lipinski definition) is 1. The maximum atomic E-state index is 12.6. The number of nitrogens with one attached hydrogen (secondary N) is 1. The summed E-state index contributed by atoms with van der Waals surface area (Å²) in [6, 6.07) is 28.5. The van der Waals surface area contributed by atoms with E-state index in [0.717, 1.165) is 22.8 Å². The third-order valence-electron chi connectivity index (χ3n) is 5.23. The zero-order valence-corrected chi connectivity index (χ0v) is 23.3. The Kier molecular flexibility index (Phi) is 9.54. The minimum absolute atomic E-state index is 0. The van der Waals surface area contributed by atoms with E-state index in [1.165, 1.54) is 36.4 Å². The van der Waals surface area contributed by atoms with Crippen LogP contribution in [0.2, 0.25) is 0 Å². The number of nitro benzene ring substituents is 1. The molecule has 176 valence electrons. The van der Waals surface area contributed by atoms with Crippen molar-refractivity contribution in [1.29, 1.82) is 0 Å². The Morgan fingerprint density at radius 2 is 1.42 bits per heavy atom. The van der Waals surface area contributed by atoms with Gasteiger partial charge in [-0.25, -0.2) is 8.42 Å². The molecule has 8 nitrogen and oxygen atoms in total. The number of nitro groups is 1. The van der Waals surface area contributed by atoms with E-state index < -0.39 is 20.9 Å². The van der Waals surface area contributed by atoms with E-state index >= 15 is 0 Å². The van der Waals surface area contributed by atoms with E-state index in [0.29, 0.717) is 0 Å². The molecule has 0 radical (unpaired) electrons. The van der Waals surface area contributed by atoms with Crippen LogP contribution < -0.4 is 56.7 Å². The van der Waals surface area contributed by atoms with Crippen molar-refractivity contribution in [3.05, 3.63) is 129 Å². The van der Waals surface area contributed by atoms with Gasteiger partial charge in [0.05, 0.1) is 15.7 Å². The Labute approximate surface area is 251 Å². The van der Waals surface area contributed by atoms with Crippen molar-refractivity contribution in [3.63, 3.8) is 0 Å². The molecule has 10 heteroatoms. The monoisotopic (exact) mass is 525 g/mol. The summed E-state index contributed by atoms with van der Waals surface area (Å²) in [5, 5.41) is 14.5. The van der Waals surface area contributed by atoms with Crippen molar-refractivity contribution in [3.8, 4) is 11.1 Å². The number of benzene rings is 4. The van der Waals surface area contributed by atoms with Crippen molar-refractivity contribution in [2.75, 3.05) is 5.32 Å². The fourth-order valence-electron chi connectivity index (χ4n) is 3.42. The number of carbonyl (C=O) groups is 1. The number of sulfonamides is 1. The molecule has 0 heterocycles. The average Bonchev–Trinajstić information content (AvgIpc) is 2.88. The number of nitrogens with zero attached hydrogens (tertiary/aromatic N) is 2. The first-order valence-electron chi connectivity index (χ1n) is 10.6. The molecule has 4 rings (SSSR count). The smallest absolute Gasteiger partial charge is 0.538 e. The SMILES string of the molecule is O=C([N-]S(=O)(=O)c1ccccc1)c1ccc([N+](=O)[O-])c(NCc2ccc(-c3ccccc3)cc2)c1.[K+]. The molecule has 0 unspecified atom stereocenters. The molecule has 4 aromatic carbocycles. The third kappa shape index (κ3) is 6.87. The number of anilines is 1. The first-order chi connectivity index (χ1) is 16.8. The molecule has 0 spiro atoms. The number of amides is 1. The quantitative estimate of drug-likeness (QED) is 0.215. The van der Waals surface area contributed by atoms with Gasteiger partial charge in [0.2, 0.25) is 0 Å². The van der Waals surface area contributed by atoms with E-state index in [4.69, 9.17) is 0 Å². The standard InChI is InChI=1S/C26H21N3O5S.K/c30-26(28-35(33,34)23-9-5-2-6-10-23)22-15-16-25(29(31)32)24(17-22)27-18-19-11-13-21(14-12-19)20-7-3-1-4-8-20;/h1-17,27H,18H2,(H,28,30);/q;+1/p-1. The molecule has 36 heavy (non-hydrogen) atoms. The molecular formula is C26H20KN3O5S. The van der Waals surface area contributed by atoms with Crippen LogP contribution in [-0.2, 0) is 16.6 Å². The van der Waals surface area contributed by atoms with Gasteiger partial charge in [0, 0.05) is 18.2 Å². The van der Waals surface area contributed by atoms with Gasteiger partial charge < -0.3 is 14.8 Å². The zero-order valence-electron chi connectivity index (χ0n) is 19.4. The summed E-state index contributed by atoms with van der Waals surface area (Å²) in [7, 11) is -4.21. The van der Waals surface area contributed by atoms with Crippen molar-refractivity contribution in [1.82, 2.24) is 0 Å². The minimum Gasteiger partial charge on any atom is -0.538 e. The van der Waals surface area contributed by atoms with Crippen LogP contribution in [0.25, 0.3) is 15.8 Å². The van der Waals surface area contributed by atoms with Crippen molar-refractivity contribution in [2.24, 2.45) is 0 Å². The van der Waals surface area contributed by atoms with Gasteiger partial charge in [-0.2, -0.15) is 0 Å². The van der Waals surface area contributed by atoms with Gasteiger partial charge in [-0.05, 0) is 41.0 Å². The van der Waals surface area contributed by atoms with Gasteiger partial charge in [-0.15, -0.1) is 0 Å². The van der Waals surface area contributed by atoms with Crippen LogP contribution in [0.1, 0.15) is 15.9 Å². The average molecular weight is 526 g/mol. The molecule has 0 aliphatic rings. The molecule has 0 atom stereocenters. The topological polar surface area (TPSA) is 120 Å². The van der Waals surface area contributed by atoms with Gasteiger partial charge in [0.1, 0.15) is 15.7 Å². The predicted octanol–water partition coefficient (Wildman–Crippen LogP) is 2.78. The molecule has 4 aromatic rings. The third-order valence-corrected chi connectivity index (χ3v) is 6.50. The summed E-state index contributed by atoms with van der Waals surface area (Å²) in [6.07, 6.45) is 0. The second-order valence-corrected chi connectivity index (χ2v) is 9.19. The van der Waals surface area contributed by atoms with E-state index in [-0.39, 0.29) is 79.8 Å². The molecule has 0 saturated heterocycles. The van der Waals surface area contributed by atoms with Gasteiger partial charge >= 0.3 is 51.4 Å². The normalized spacial score (nSPS) is 10.7. The molecule has 0 aromatic heterocycles. The van der Waals surface area contributed by atoms with Crippen molar-refractivity contribution in [2.45, 2.75) is 11.4 Å². The van der Waals surface area contributed by atoms with E-state index in [9.17, 15) is 23.3 Å². The summed E-state index contributed by atoms with van der Waals surface area (Å²) in [5.74, 6) is -1.01. The Hall–Kier alpha value is -2.86. The van der Waals surface area contributed by atoms with Gasteiger partial charge in [-0.1, -0.05) is 72.8 Å². The molecule has 0 fully saturated rings. The summed E-state index contributed by atoms with van der Waals surface area (Å²) >= 11 is 0. The van der Waals surface area contributed by atoms with Crippen LogP contribution in [0, 0.1) is 10.1 Å². The first-order valence-corrected chi connectivity index (χ1v) is 12.0. The molecule has 0 aliphatic heterocycles. The maximum absolute atomic E-state index is 12.6. The van der Waals surface area contributed by atoms with Crippen LogP contribution >= 0.6 is 0 Å². The van der Waals surface area contributed by atoms with Crippen molar-refractivity contribution >= 4 is 27.3 Å². The molecule has 1 N–H and O–H groups in total. The Morgan fingerprint density at radius 3 is 2.03 bits per heavy atom. The fraction of sp³-hybridized carbons (Fsp3) is 0.0385. The van der Waals surface area contributed by atoms with Crippen LogP contribution in [-0.4, -0.2) is 19.2 Å². The second-order valence-electron chi connectivity index (χ2n) is 7.59. The predicted molar refractivity (Wildman–Crippen MR) is 134 cm³/mol. The van der Waals surface area contributed by atoms with Crippen molar-refractivity contribution < 1.29 is 69.5 Å². The number of hydrogen-bond acceptors (Lipinski definition) is 6. The molecular weight excluding hydrogens is 505 g/mol. The van der Waals surface area contributed by atoms with E-state index in [1.807, 2.05) is 54.6 Å². The fourth-order valence-corrected chi connectivity index (χ4v) is 4.35. The Morgan fingerprint density at radius 1 is 0.833 bits per heavy atom. The summed E-state index contributed by atoms with van der Waals surface area (Å²) < 4.78 is 28.2. The molecule has 0 saturated carbocycles. The largest absolute Gasteiger partial charge is 1.00 e. The Bertz CT molecular complexity index is 1460. The summed E-state index contributed by atoms with van der Waals surface area (Å²) in [6.45, 7) is 0.257. The van der Waals surface area contributed by atoms with Gasteiger partial charge in [-0.3, -0.25) is 10.1 Å². The van der Waals surface area contributed by atoms with E-state index in [2.05, 4.69) is 10.0 Å². The van der Waals surface area contributed by atoms with Gasteiger partial charge in [0.25, 0.3) is 5.69 Å². The van der Waals surface area contributed by atoms with E-state index in [1.54, 1.807) is 6.07 Å². The minimum atomic E-state index is -4.21. The van der Waals surface area contributed by atoms with Gasteiger partial charge in [0.15, 0.2) is 0 Å². The summed E-state index contributed by atoms with van der Waals surface area (Å²) in [5.41, 5.74) is 2.73. The maximum Gasteiger partial charge on any atom is 1.00 e. The first kappa shape index (κ1) is 27.7. The molecule has 0 aliphatic carbocycles. The van der Waals surface area contributed by atoms with Crippen LogP contribution in [0.3, 0.4) is 0 Å². The molecule has 1 amide bonds.